The third-order valence-corrected chi connectivity index (χ3v) is 4.43. The SMILES string of the molecule is Cc1ccc(OC2CCN(C(=O)CN3C(=O)CCC3=O)CC2)cn1. The molecule has 0 aliphatic carbocycles. The van der Waals surface area contributed by atoms with Gasteiger partial charge >= 0.3 is 0 Å². The Labute approximate surface area is 140 Å². The molecule has 24 heavy (non-hydrogen) atoms. The van der Waals surface area contributed by atoms with Crippen LogP contribution in [-0.4, -0.2) is 58.2 Å². The molecule has 2 aliphatic heterocycles. The number of likely N-dealkylation sites (tertiary alicyclic amines) is 2. The first-order chi connectivity index (χ1) is 11.5. The summed E-state index contributed by atoms with van der Waals surface area (Å²) in [5.41, 5.74) is 0.939. The normalized spacial score (nSPS) is 19.0. The molecule has 0 spiro atoms. The van der Waals surface area contributed by atoms with Crippen LogP contribution in [0.2, 0.25) is 0 Å². The Kier molecular flexibility index (Phi) is 4.78. The smallest absolute Gasteiger partial charge is 0.242 e. The molecule has 0 unspecified atom stereocenters. The van der Waals surface area contributed by atoms with Crippen molar-refractivity contribution in [3.8, 4) is 5.75 Å². The van der Waals surface area contributed by atoms with Crippen molar-refractivity contribution in [1.29, 1.82) is 0 Å². The molecule has 3 amide bonds. The standard InChI is InChI=1S/C17H21N3O4/c1-12-2-3-14(10-18-12)24-13-6-8-19(9-7-13)17(23)11-20-15(21)4-5-16(20)22/h2-3,10,13H,4-9,11H2,1H3. The van der Waals surface area contributed by atoms with Gasteiger partial charge in [-0.1, -0.05) is 0 Å². The summed E-state index contributed by atoms with van der Waals surface area (Å²) in [5, 5.41) is 0. The van der Waals surface area contributed by atoms with Gasteiger partial charge in [0.15, 0.2) is 0 Å². The number of carbonyl (C=O) groups is 3. The zero-order valence-corrected chi connectivity index (χ0v) is 13.7. The number of aryl methyl sites for hydroxylation is 1. The van der Waals surface area contributed by atoms with Crippen LogP contribution in [0.1, 0.15) is 31.4 Å². The van der Waals surface area contributed by atoms with E-state index >= 15 is 0 Å². The van der Waals surface area contributed by atoms with Gasteiger partial charge in [-0.2, -0.15) is 0 Å². The third kappa shape index (κ3) is 3.72. The van der Waals surface area contributed by atoms with Gasteiger partial charge in [-0.15, -0.1) is 0 Å². The van der Waals surface area contributed by atoms with E-state index < -0.39 is 0 Å². The molecule has 0 saturated carbocycles. The zero-order valence-electron chi connectivity index (χ0n) is 13.7. The number of hydrogen-bond acceptors (Lipinski definition) is 5. The Balaban J connectivity index is 1.47. The number of carbonyl (C=O) groups excluding carboxylic acids is 3. The minimum Gasteiger partial charge on any atom is -0.489 e. The molecule has 0 N–H and O–H groups in total. The maximum Gasteiger partial charge on any atom is 0.242 e. The quantitative estimate of drug-likeness (QED) is 0.766. The van der Waals surface area contributed by atoms with Gasteiger partial charge in [-0.3, -0.25) is 24.3 Å². The number of amides is 3. The molecule has 0 radical (unpaired) electrons. The van der Waals surface area contributed by atoms with E-state index in [0.717, 1.165) is 29.2 Å². The van der Waals surface area contributed by atoms with E-state index in [1.54, 1.807) is 11.1 Å². The van der Waals surface area contributed by atoms with Crippen molar-refractivity contribution in [2.24, 2.45) is 0 Å². The highest BCUT2D eigenvalue weighted by Gasteiger charge is 2.33. The van der Waals surface area contributed by atoms with Gasteiger partial charge in [0.1, 0.15) is 18.4 Å². The van der Waals surface area contributed by atoms with E-state index in [4.69, 9.17) is 4.74 Å². The first-order valence-corrected chi connectivity index (χ1v) is 8.23. The summed E-state index contributed by atoms with van der Waals surface area (Å²) in [5.74, 6) is 0.0598. The summed E-state index contributed by atoms with van der Waals surface area (Å²) in [6.07, 6.45) is 3.63. The molecule has 7 nitrogen and oxygen atoms in total. The van der Waals surface area contributed by atoms with Crippen molar-refractivity contribution in [2.75, 3.05) is 19.6 Å². The van der Waals surface area contributed by atoms with Gasteiger partial charge in [0.2, 0.25) is 17.7 Å². The van der Waals surface area contributed by atoms with E-state index in [0.29, 0.717) is 13.1 Å². The number of pyridine rings is 1. The van der Waals surface area contributed by atoms with Crippen LogP contribution in [0.3, 0.4) is 0 Å². The van der Waals surface area contributed by atoms with Crippen LogP contribution >= 0.6 is 0 Å². The second-order valence-corrected chi connectivity index (χ2v) is 6.21. The van der Waals surface area contributed by atoms with Gasteiger partial charge in [0.05, 0.1) is 6.20 Å². The van der Waals surface area contributed by atoms with Gasteiger partial charge in [-0.25, -0.2) is 0 Å². The summed E-state index contributed by atoms with van der Waals surface area (Å²) in [6, 6.07) is 3.79. The summed E-state index contributed by atoms with van der Waals surface area (Å²) in [4.78, 5) is 42.4. The lowest BCUT2D eigenvalue weighted by molar-refractivity contribution is -0.146. The average Bonchev–Trinajstić information content (AvgIpc) is 2.89. The number of nitrogens with zero attached hydrogens (tertiary/aromatic N) is 3. The number of hydrogen-bond donors (Lipinski definition) is 0. The molecule has 3 rings (SSSR count). The Bertz CT molecular complexity index is 620. The molecule has 1 aromatic heterocycles. The molecule has 0 bridgehead atoms. The van der Waals surface area contributed by atoms with Crippen molar-refractivity contribution in [3.05, 3.63) is 24.0 Å². The number of rotatable bonds is 4. The van der Waals surface area contributed by atoms with E-state index in [1.165, 1.54) is 0 Å². The Morgan fingerprint density at radius 2 is 1.88 bits per heavy atom. The van der Waals surface area contributed by atoms with Crippen molar-refractivity contribution < 1.29 is 19.1 Å². The highest BCUT2D eigenvalue weighted by molar-refractivity contribution is 6.04. The van der Waals surface area contributed by atoms with Crippen LogP contribution in [-0.2, 0) is 14.4 Å². The fourth-order valence-electron chi connectivity index (χ4n) is 2.97. The van der Waals surface area contributed by atoms with Gasteiger partial charge in [0.25, 0.3) is 0 Å². The van der Waals surface area contributed by atoms with Gasteiger partial charge in [-0.05, 0) is 19.1 Å². The fraction of sp³-hybridized carbons (Fsp3) is 0.529. The average molecular weight is 331 g/mol. The summed E-state index contributed by atoms with van der Waals surface area (Å²) >= 11 is 0. The minimum atomic E-state index is -0.251. The second-order valence-electron chi connectivity index (χ2n) is 6.21. The summed E-state index contributed by atoms with van der Waals surface area (Å²) in [6.45, 7) is 2.92. The minimum absolute atomic E-state index is 0.0496. The van der Waals surface area contributed by atoms with E-state index in [-0.39, 0.29) is 43.2 Å². The highest BCUT2D eigenvalue weighted by Crippen LogP contribution is 2.19. The van der Waals surface area contributed by atoms with Gasteiger partial charge in [0, 0.05) is 44.5 Å². The van der Waals surface area contributed by atoms with Crippen molar-refractivity contribution in [2.45, 2.75) is 38.7 Å². The molecule has 7 heteroatoms. The first-order valence-electron chi connectivity index (χ1n) is 8.23. The number of piperidine rings is 1. The van der Waals surface area contributed by atoms with E-state index in [1.807, 2.05) is 19.1 Å². The molecular weight excluding hydrogens is 310 g/mol. The third-order valence-electron chi connectivity index (χ3n) is 4.43. The Hall–Kier alpha value is -2.44. The molecule has 0 aromatic carbocycles. The van der Waals surface area contributed by atoms with Crippen LogP contribution in [0, 0.1) is 6.92 Å². The van der Waals surface area contributed by atoms with Crippen molar-refractivity contribution in [3.63, 3.8) is 0 Å². The van der Waals surface area contributed by atoms with Crippen LogP contribution in [0.25, 0.3) is 0 Å². The Morgan fingerprint density at radius 3 is 2.46 bits per heavy atom. The molecule has 1 aromatic rings. The van der Waals surface area contributed by atoms with Crippen molar-refractivity contribution in [1.82, 2.24) is 14.8 Å². The highest BCUT2D eigenvalue weighted by atomic mass is 16.5. The first kappa shape index (κ1) is 16.4. The zero-order chi connectivity index (χ0) is 17.1. The summed E-state index contributed by atoms with van der Waals surface area (Å²) in [7, 11) is 0. The van der Waals surface area contributed by atoms with E-state index in [9.17, 15) is 14.4 Å². The predicted octanol–water partition coefficient (Wildman–Crippen LogP) is 0.909. The van der Waals surface area contributed by atoms with E-state index in [2.05, 4.69) is 4.98 Å². The second kappa shape index (κ2) is 6.98. The van der Waals surface area contributed by atoms with Crippen LogP contribution < -0.4 is 4.74 Å². The predicted molar refractivity (Wildman–Crippen MR) is 85.2 cm³/mol. The topological polar surface area (TPSA) is 79.8 Å². The number of aromatic nitrogens is 1. The van der Waals surface area contributed by atoms with Gasteiger partial charge < -0.3 is 9.64 Å². The Morgan fingerprint density at radius 1 is 1.21 bits per heavy atom. The molecule has 3 heterocycles. The maximum atomic E-state index is 12.3. The van der Waals surface area contributed by atoms with Crippen LogP contribution in [0.5, 0.6) is 5.75 Å². The molecule has 0 atom stereocenters. The fourth-order valence-corrected chi connectivity index (χ4v) is 2.97. The lowest BCUT2D eigenvalue weighted by atomic mass is 10.1. The maximum absolute atomic E-state index is 12.3. The number of imide groups is 1. The molecule has 128 valence electrons. The molecular formula is C17H21N3O4. The van der Waals surface area contributed by atoms with Crippen LogP contribution in [0.15, 0.2) is 18.3 Å². The molecule has 2 saturated heterocycles. The largest absolute Gasteiger partial charge is 0.489 e. The van der Waals surface area contributed by atoms with Crippen molar-refractivity contribution >= 4 is 17.7 Å². The molecule has 2 aliphatic rings. The molecule has 2 fully saturated rings. The summed E-state index contributed by atoms with van der Waals surface area (Å²) < 4.78 is 5.89. The van der Waals surface area contributed by atoms with Crippen LogP contribution in [0.4, 0.5) is 0 Å². The lowest BCUT2D eigenvalue weighted by Crippen LogP contribution is -2.47. The number of ether oxygens (including phenoxy) is 1. The lowest BCUT2D eigenvalue weighted by Gasteiger charge is -2.32. The monoisotopic (exact) mass is 331 g/mol.